The number of nitrogens with zero attached hydrogens (tertiary/aromatic N) is 1. The largest absolute Gasteiger partial charge is 0.309 e. The van der Waals surface area contributed by atoms with E-state index in [0.717, 1.165) is 13.0 Å². The van der Waals surface area contributed by atoms with E-state index in [1.807, 2.05) is 11.3 Å². The first-order chi connectivity index (χ1) is 27.3. The molecule has 0 amide bonds. The zero-order chi connectivity index (χ0) is 36.1. The van der Waals surface area contributed by atoms with Crippen LogP contribution in [0.2, 0.25) is 0 Å². The lowest BCUT2D eigenvalue weighted by Crippen LogP contribution is -2.33. The molecule has 10 aromatic rings. The Kier molecular flexibility index (Phi) is 6.72. The fourth-order valence-electron chi connectivity index (χ4n) is 10.1. The van der Waals surface area contributed by atoms with Crippen molar-refractivity contribution in [3.63, 3.8) is 0 Å². The van der Waals surface area contributed by atoms with Gasteiger partial charge in [-0.2, -0.15) is 0 Å². The number of hydrogen-bond acceptors (Lipinski definition) is 2. The summed E-state index contributed by atoms with van der Waals surface area (Å²) in [6, 6.07) is 68.2. The molecule has 260 valence electrons. The minimum atomic E-state index is -0.450. The average Bonchev–Trinajstić information content (AvgIpc) is 3.89. The van der Waals surface area contributed by atoms with Gasteiger partial charge in [-0.25, -0.2) is 0 Å². The second-order valence-corrected chi connectivity index (χ2v) is 16.3. The highest BCUT2D eigenvalue weighted by Gasteiger charge is 2.51. The summed E-state index contributed by atoms with van der Waals surface area (Å²) < 4.78 is 5.29. The SMILES string of the molecule is c1ccc(C[C@@H](NCc2ccc3c(c2)c2c4sc5ccccc5c4cc4c2n3-c2ccccc2C42c3ccccc3-c3ccccc32)c2ccccc2)cc1. The first-order valence-corrected chi connectivity index (χ1v) is 20.1. The summed E-state index contributed by atoms with van der Waals surface area (Å²) >= 11 is 1.94. The molecule has 8 aromatic carbocycles. The molecule has 2 aromatic heterocycles. The molecular weight excluding hydrogens is 685 g/mol. The van der Waals surface area contributed by atoms with Crippen molar-refractivity contribution in [3.05, 3.63) is 221 Å². The van der Waals surface area contributed by atoms with Gasteiger partial charge in [-0.3, -0.25) is 0 Å². The van der Waals surface area contributed by atoms with E-state index in [1.54, 1.807) is 0 Å². The highest BCUT2D eigenvalue weighted by Crippen LogP contribution is 2.62. The Hall–Kier alpha value is -6.26. The van der Waals surface area contributed by atoms with Gasteiger partial charge in [0.25, 0.3) is 0 Å². The number of benzene rings is 8. The smallest absolute Gasteiger partial charge is 0.0754 e. The van der Waals surface area contributed by atoms with Crippen LogP contribution in [0.3, 0.4) is 0 Å². The van der Waals surface area contributed by atoms with Gasteiger partial charge in [-0.1, -0.05) is 152 Å². The van der Waals surface area contributed by atoms with E-state index >= 15 is 0 Å². The van der Waals surface area contributed by atoms with Gasteiger partial charge in [0.1, 0.15) is 0 Å². The zero-order valence-corrected chi connectivity index (χ0v) is 31.0. The second-order valence-electron chi connectivity index (χ2n) is 15.2. The van der Waals surface area contributed by atoms with E-state index in [0.29, 0.717) is 0 Å². The number of nitrogens with one attached hydrogen (secondary N) is 1. The molecule has 2 nitrogen and oxygen atoms in total. The van der Waals surface area contributed by atoms with E-state index in [1.165, 1.54) is 97.7 Å². The van der Waals surface area contributed by atoms with E-state index in [9.17, 15) is 0 Å². The maximum Gasteiger partial charge on any atom is 0.0754 e. The molecule has 3 heterocycles. The molecule has 1 aliphatic heterocycles. The lowest BCUT2D eigenvalue weighted by atomic mass is 9.65. The Morgan fingerprint density at radius 3 is 1.96 bits per heavy atom. The van der Waals surface area contributed by atoms with Crippen LogP contribution in [0, 0.1) is 0 Å². The molecule has 0 saturated carbocycles. The Bertz CT molecular complexity index is 3090. The van der Waals surface area contributed by atoms with Crippen molar-refractivity contribution in [2.45, 2.75) is 24.4 Å². The highest BCUT2D eigenvalue weighted by atomic mass is 32.1. The summed E-state index contributed by atoms with van der Waals surface area (Å²) in [6.07, 6.45) is 0.931. The number of thiophene rings is 1. The Balaban J connectivity index is 1.13. The highest BCUT2D eigenvalue weighted by molar-refractivity contribution is 7.26. The van der Waals surface area contributed by atoms with Gasteiger partial charge in [-0.05, 0) is 86.8 Å². The molecule has 55 heavy (non-hydrogen) atoms. The fraction of sp³-hybridized carbons (Fsp3) is 0.0769. The van der Waals surface area contributed by atoms with Gasteiger partial charge in [-0.15, -0.1) is 11.3 Å². The van der Waals surface area contributed by atoms with Gasteiger partial charge in [0.2, 0.25) is 0 Å². The van der Waals surface area contributed by atoms with Gasteiger partial charge in [0, 0.05) is 43.5 Å². The molecule has 1 atom stereocenters. The van der Waals surface area contributed by atoms with Crippen molar-refractivity contribution in [1.29, 1.82) is 0 Å². The van der Waals surface area contributed by atoms with Crippen molar-refractivity contribution >= 4 is 53.3 Å². The van der Waals surface area contributed by atoms with Gasteiger partial charge < -0.3 is 9.88 Å². The van der Waals surface area contributed by atoms with Crippen molar-refractivity contribution in [2.75, 3.05) is 0 Å². The average molecular weight is 721 g/mol. The molecule has 0 bridgehead atoms. The number of fused-ring (bicyclic) bond motifs is 16. The molecule has 0 fully saturated rings. The van der Waals surface area contributed by atoms with E-state index in [-0.39, 0.29) is 6.04 Å². The predicted molar refractivity (Wildman–Crippen MR) is 231 cm³/mol. The molecule has 1 N–H and O–H groups in total. The summed E-state index contributed by atoms with van der Waals surface area (Å²) in [7, 11) is 0. The molecule has 1 spiro atoms. The summed E-state index contributed by atoms with van der Waals surface area (Å²) in [5.41, 5.74) is 15.5. The lowest BCUT2D eigenvalue weighted by Gasteiger charge is -2.39. The number of aromatic nitrogens is 1. The number of hydrogen-bond donors (Lipinski definition) is 1. The van der Waals surface area contributed by atoms with Crippen LogP contribution >= 0.6 is 11.3 Å². The first-order valence-electron chi connectivity index (χ1n) is 19.3. The third-order valence-electron chi connectivity index (χ3n) is 12.4. The summed E-state index contributed by atoms with van der Waals surface area (Å²) in [4.78, 5) is 0. The quantitative estimate of drug-likeness (QED) is 0.181. The lowest BCUT2D eigenvalue weighted by molar-refractivity contribution is 0.530. The minimum Gasteiger partial charge on any atom is -0.309 e. The Morgan fingerprint density at radius 2 is 1.18 bits per heavy atom. The van der Waals surface area contributed by atoms with E-state index < -0.39 is 5.41 Å². The van der Waals surface area contributed by atoms with Crippen LogP contribution in [0.4, 0.5) is 0 Å². The van der Waals surface area contributed by atoms with Gasteiger partial charge in [0.15, 0.2) is 0 Å². The van der Waals surface area contributed by atoms with E-state index in [4.69, 9.17) is 0 Å². The van der Waals surface area contributed by atoms with Crippen LogP contribution in [0.1, 0.15) is 45.0 Å². The topological polar surface area (TPSA) is 17.0 Å². The van der Waals surface area contributed by atoms with Crippen LogP contribution < -0.4 is 5.32 Å². The zero-order valence-electron chi connectivity index (χ0n) is 30.2. The van der Waals surface area contributed by atoms with Crippen LogP contribution in [-0.2, 0) is 18.4 Å². The third-order valence-corrected chi connectivity index (χ3v) is 13.6. The van der Waals surface area contributed by atoms with Crippen LogP contribution in [0.15, 0.2) is 182 Å². The molecular formula is C52H36N2S. The van der Waals surface area contributed by atoms with Crippen molar-refractivity contribution in [2.24, 2.45) is 0 Å². The van der Waals surface area contributed by atoms with Crippen LogP contribution in [-0.4, -0.2) is 4.57 Å². The van der Waals surface area contributed by atoms with Gasteiger partial charge in [0.05, 0.1) is 22.1 Å². The minimum absolute atomic E-state index is 0.192. The molecule has 1 aliphatic carbocycles. The Morgan fingerprint density at radius 1 is 0.527 bits per heavy atom. The fourth-order valence-corrected chi connectivity index (χ4v) is 11.3. The standard InChI is InChI=1S/C52H36N2S/c1-3-15-33(16-4-1)30-45(35-17-5-2-6-18-35)53-32-34-27-28-46-40(29-34)49-50-44(31-39-38-21-9-14-26-48(38)55-51(39)49)52(43-24-12-13-25-47(43)54(46)50)41-22-10-7-19-36(41)37-20-8-11-23-42(37)52/h1-29,31,45,53H,30,32H2/t45-/m1/s1. The molecule has 0 unspecified atom stereocenters. The second kappa shape index (κ2) is 11.9. The monoisotopic (exact) mass is 720 g/mol. The third kappa shape index (κ3) is 4.34. The Labute approximate surface area is 324 Å². The molecule has 0 saturated heterocycles. The normalized spacial score (nSPS) is 14.1. The maximum absolute atomic E-state index is 3.99. The van der Waals surface area contributed by atoms with Crippen molar-refractivity contribution in [3.8, 4) is 16.8 Å². The van der Waals surface area contributed by atoms with Crippen molar-refractivity contribution in [1.82, 2.24) is 9.88 Å². The predicted octanol–water partition coefficient (Wildman–Crippen LogP) is 12.9. The molecule has 12 rings (SSSR count). The maximum atomic E-state index is 3.99. The first kappa shape index (κ1) is 31.1. The van der Waals surface area contributed by atoms with Crippen molar-refractivity contribution < 1.29 is 0 Å². The number of rotatable bonds is 6. The summed E-state index contributed by atoms with van der Waals surface area (Å²) in [6.45, 7) is 0.769. The molecule has 0 radical (unpaired) electrons. The summed E-state index contributed by atoms with van der Waals surface area (Å²) in [5.74, 6) is 0. The van der Waals surface area contributed by atoms with Gasteiger partial charge >= 0.3 is 0 Å². The molecule has 2 aliphatic rings. The molecule has 3 heteroatoms. The summed E-state index contributed by atoms with van der Waals surface area (Å²) in [5, 5.41) is 9.35. The van der Waals surface area contributed by atoms with E-state index in [2.05, 4.69) is 192 Å². The number of para-hydroxylation sites is 1. The van der Waals surface area contributed by atoms with Crippen LogP contribution in [0.25, 0.3) is 58.8 Å². The van der Waals surface area contributed by atoms with Crippen LogP contribution in [0.5, 0.6) is 0 Å².